The molecule has 150 valence electrons. The second-order valence-corrected chi connectivity index (χ2v) is 8.70. The van der Waals surface area contributed by atoms with Crippen LogP contribution < -0.4 is 16.0 Å². The van der Waals surface area contributed by atoms with Crippen LogP contribution in [0.2, 0.25) is 0 Å². The lowest BCUT2D eigenvalue weighted by Crippen LogP contribution is -2.50. The maximum absolute atomic E-state index is 12.7. The number of nitrogens with one attached hydrogen (secondary N) is 2. The van der Waals surface area contributed by atoms with Gasteiger partial charge in [0, 0.05) is 18.3 Å². The Morgan fingerprint density at radius 3 is 2.15 bits per heavy atom. The Labute approximate surface area is 161 Å². The van der Waals surface area contributed by atoms with E-state index in [0.717, 1.165) is 30.4 Å². The quantitative estimate of drug-likeness (QED) is 0.566. The van der Waals surface area contributed by atoms with E-state index >= 15 is 0 Å². The van der Waals surface area contributed by atoms with E-state index in [4.69, 9.17) is 0 Å². The van der Waals surface area contributed by atoms with E-state index in [9.17, 15) is 19.5 Å². The molecule has 3 fully saturated rings. The third-order valence-electron chi connectivity index (χ3n) is 6.82. The number of fused-ring (bicyclic) bond motifs is 2. The van der Waals surface area contributed by atoms with Crippen LogP contribution in [0.3, 0.4) is 0 Å². The maximum Gasteiger partial charge on any atom is 0.242 e. The molecule has 3 rings (SSSR count). The van der Waals surface area contributed by atoms with Gasteiger partial charge in [-0.1, -0.05) is 43.3 Å². The Morgan fingerprint density at radius 2 is 1.56 bits per heavy atom. The Morgan fingerprint density at radius 1 is 0.926 bits per heavy atom. The van der Waals surface area contributed by atoms with Crippen LogP contribution in [-0.4, -0.2) is 17.8 Å². The number of rotatable bonds is 5. The lowest BCUT2D eigenvalue weighted by atomic mass is 9.79. The molecule has 0 saturated heterocycles. The van der Waals surface area contributed by atoms with Gasteiger partial charge >= 0.3 is 0 Å². The molecule has 0 aromatic carbocycles. The number of carbonyl (C=O) groups is 3. The van der Waals surface area contributed by atoms with Crippen LogP contribution in [0.1, 0.15) is 71.6 Å². The second-order valence-electron chi connectivity index (χ2n) is 8.70. The van der Waals surface area contributed by atoms with Gasteiger partial charge in [-0.05, 0) is 50.9 Å². The van der Waals surface area contributed by atoms with Gasteiger partial charge in [0.05, 0.1) is 5.92 Å². The molecule has 3 saturated carbocycles. The molecule has 0 heterocycles. The number of allylic oxidation sites excluding steroid dienone is 2. The maximum atomic E-state index is 12.7. The van der Waals surface area contributed by atoms with E-state index in [-0.39, 0.29) is 17.7 Å². The fourth-order valence-corrected chi connectivity index (χ4v) is 5.68. The SMILES string of the molecule is CC(C)=C1[C@H]2CC[C@@H]1[C@@H](C(=O)NNC(=O)CCC1CCCCC1)[C@H]2C(=O)[O-]. The van der Waals surface area contributed by atoms with Gasteiger partial charge in [-0.3, -0.25) is 20.4 Å². The van der Waals surface area contributed by atoms with E-state index in [1.54, 1.807) is 0 Å². The van der Waals surface area contributed by atoms with Gasteiger partial charge in [-0.25, -0.2) is 0 Å². The monoisotopic (exact) mass is 375 g/mol. The van der Waals surface area contributed by atoms with Crippen molar-refractivity contribution in [3.63, 3.8) is 0 Å². The number of hydrazine groups is 1. The molecule has 0 aromatic heterocycles. The summed E-state index contributed by atoms with van der Waals surface area (Å²) in [4.78, 5) is 36.5. The van der Waals surface area contributed by atoms with E-state index in [2.05, 4.69) is 10.9 Å². The van der Waals surface area contributed by atoms with Crippen LogP contribution in [0, 0.1) is 29.6 Å². The molecule has 3 aliphatic carbocycles. The van der Waals surface area contributed by atoms with Crippen molar-refractivity contribution in [3.05, 3.63) is 11.1 Å². The number of aliphatic carboxylic acids is 1. The van der Waals surface area contributed by atoms with E-state index in [1.807, 2.05) is 13.8 Å². The van der Waals surface area contributed by atoms with Crippen molar-refractivity contribution in [2.45, 2.75) is 71.6 Å². The van der Waals surface area contributed by atoms with Crippen LogP contribution in [0.4, 0.5) is 0 Å². The molecular formula is C21H31N2O4-. The summed E-state index contributed by atoms with van der Waals surface area (Å²) in [6.07, 6.45) is 8.99. The molecule has 6 nitrogen and oxygen atoms in total. The minimum Gasteiger partial charge on any atom is -0.550 e. The average molecular weight is 375 g/mol. The smallest absolute Gasteiger partial charge is 0.242 e. The molecule has 0 aliphatic heterocycles. The van der Waals surface area contributed by atoms with Crippen molar-refractivity contribution in [3.8, 4) is 0 Å². The highest BCUT2D eigenvalue weighted by Gasteiger charge is 2.54. The van der Waals surface area contributed by atoms with Gasteiger partial charge in [0.25, 0.3) is 0 Å². The third kappa shape index (κ3) is 4.19. The number of hydrogen-bond acceptors (Lipinski definition) is 4. The summed E-state index contributed by atoms with van der Waals surface area (Å²) in [5, 5.41) is 11.7. The molecule has 0 spiro atoms. The summed E-state index contributed by atoms with van der Waals surface area (Å²) < 4.78 is 0. The zero-order valence-electron chi connectivity index (χ0n) is 16.4. The topological polar surface area (TPSA) is 98.3 Å². The molecule has 27 heavy (non-hydrogen) atoms. The summed E-state index contributed by atoms with van der Waals surface area (Å²) in [6, 6.07) is 0. The van der Waals surface area contributed by atoms with Crippen molar-refractivity contribution in [2.24, 2.45) is 29.6 Å². The molecule has 2 N–H and O–H groups in total. The standard InChI is InChI=1S/C21H32N2O4/c1-12(2)17-14-9-10-15(17)19(21(26)27)18(14)20(25)23-22-16(24)11-8-13-6-4-3-5-7-13/h13-15,18-19H,3-11H2,1-2H3,(H,22,24)(H,23,25)(H,26,27)/p-1/t14-,15+,18+,19-/m0/s1. The number of hydrogen-bond donors (Lipinski definition) is 2. The van der Waals surface area contributed by atoms with E-state index in [1.165, 1.54) is 32.1 Å². The first kappa shape index (κ1) is 19.9. The Balaban J connectivity index is 1.54. The van der Waals surface area contributed by atoms with Gasteiger partial charge in [0.1, 0.15) is 0 Å². The molecule has 6 heteroatoms. The molecule has 2 bridgehead atoms. The summed E-state index contributed by atoms with van der Waals surface area (Å²) in [5.41, 5.74) is 7.19. The van der Waals surface area contributed by atoms with Crippen molar-refractivity contribution in [2.75, 3.05) is 0 Å². The van der Waals surface area contributed by atoms with Gasteiger partial charge in [-0.15, -0.1) is 0 Å². The van der Waals surface area contributed by atoms with Crippen LogP contribution >= 0.6 is 0 Å². The molecule has 0 unspecified atom stereocenters. The highest BCUT2D eigenvalue weighted by atomic mass is 16.4. The van der Waals surface area contributed by atoms with Gasteiger partial charge in [-0.2, -0.15) is 0 Å². The zero-order chi connectivity index (χ0) is 19.6. The fraction of sp³-hybridized carbons (Fsp3) is 0.762. The highest BCUT2D eigenvalue weighted by Crippen LogP contribution is 2.56. The Kier molecular flexibility index (Phi) is 6.22. The number of carboxylic acid groups (broad SMARTS) is 1. The van der Waals surface area contributed by atoms with Gasteiger partial charge < -0.3 is 9.90 Å². The van der Waals surface area contributed by atoms with Crippen molar-refractivity contribution < 1.29 is 19.5 Å². The first-order valence-electron chi connectivity index (χ1n) is 10.4. The number of carbonyl (C=O) groups excluding carboxylic acids is 3. The fourth-order valence-electron chi connectivity index (χ4n) is 5.68. The molecule has 4 atom stereocenters. The molecule has 0 aromatic rings. The normalized spacial score (nSPS) is 30.2. The second kappa shape index (κ2) is 8.44. The zero-order valence-corrected chi connectivity index (χ0v) is 16.4. The summed E-state index contributed by atoms with van der Waals surface area (Å²) >= 11 is 0. The van der Waals surface area contributed by atoms with Crippen molar-refractivity contribution >= 4 is 17.8 Å². The Hall–Kier alpha value is -1.85. The van der Waals surface area contributed by atoms with Crippen LogP contribution in [0.5, 0.6) is 0 Å². The van der Waals surface area contributed by atoms with Crippen molar-refractivity contribution in [1.82, 2.24) is 10.9 Å². The molecule has 3 aliphatic rings. The summed E-state index contributed by atoms with van der Waals surface area (Å²) in [5.74, 6) is -2.78. The molecule has 2 amide bonds. The van der Waals surface area contributed by atoms with Gasteiger partial charge in [0.15, 0.2) is 0 Å². The number of amides is 2. The largest absolute Gasteiger partial charge is 0.550 e. The predicted molar refractivity (Wildman–Crippen MR) is 98.7 cm³/mol. The van der Waals surface area contributed by atoms with Crippen LogP contribution in [-0.2, 0) is 14.4 Å². The van der Waals surface area contributed by atoms with Gasteiger partial charge in [0.2, 0.25) is 11.8 Å². The van der Waals surface area contributed by atoms with E-state index < -0.39 is 23.7 Å². The molecular weight excluding hydrogens is 344 g/mol. The summed E-state index contributed by atoms with van der Waals surface area (Å²) in [7, 11) is 0. The highest BCUT2D eigenvalue weighted by molar-refractivity contribution is 5.88. The lowest BCUT2D eigenvalue weighted by Gasteiger charge is -2.30. The minimum absolute atomic E-state index is 0.0537. The average Bonchev–Trinajstić information content (AvgIpc) is 3.21. The third-order valence-corrected chi connectivity index (χ3v) is 6.82. The van der Waals surface area contributed by atoms with Crippen molar-refractivity contribution in [1.29, 1.82) is 0 Å². The predicted octanol–water partition coefficient (Wildman–Crippen LogP) is 1.85. The Bertz CT molecular complexity index is 632. The van der Waals surface area contributed by atoms with E-state index in [0.29, 0.717) is 12.3 Å². The first-order chi connectivity index (χ1) is 12.9. The number of carboxylic acids is 1. The minimum atomic E-state index is -1.16. The molecule has 0 radical (unpaired) electrons. The summed E-state index contributed by atoms with van der Waals surface area (Å²) in [6.45, 7) is 3.95. The van der Waals surface area contributed by atoms with Crippen LogP contribution in [0.15, 0.2) is 11.1 Å². The van der Waals surface area contributed by atoms with Crippen LogP contribution in [0.25, 0.3) is 0 Å². The lowest BCUT2D eigenvalue weighted by molar-refractivity contribution is -0.314. The first-order valence-corrected chi connectivity index (χ1v) is 10.4.